The largest absolute Gasteiger partial charge is 0.390 e. The number of amides is 1. The third-order valence-electron chi connectivity index (χ3n) is 5.63. The van der Waals surface area contributed by atoms with Gasteiger partial charge in [-0.05, 0) is 43.0 Å². The molecule has 1 aliphatic carbocycles. The Balaban J connectivity index is 1.48. The lowest BCUT2D eigenvalue weighted by molar-refractivity contribution is -0.113. The number of ketones is 1. The number of halogens is 1. The van der Waals surface area contributed by atoms with Crippen LogP contribution in [0.1, 0.15) is 28.0 Å². The van der Waals surface area contributed by atoms with Gasteiger partial charge in [0.2, 0.25) is 11.7 Å². The summed E-state index contributed by atoms with van der Waals surface area (Å²) >= 11 is 5.53. The number of anilines is 2. The summed E-state index contributed by atoms with van der Waals surface area (Å²) in [6.45, 7) is 4.22. The number of nitrogens with one attached hydrogen (secondary N) is 2. The summed E-state index contributed by atoms with van der Waals surface area (Å²) in [4.78, 5) is 32.8. The molecular weight excluding hydrogens is 460 g/mol. The average molecular weight is 484 g/mol. The van der Waals surface area contributed by atoms with Gasteiger partial charge in [-0.15, -0.1) is 11.6 Å². The first kappa shape index (κ1) is 23.8. The van der Waals surface area contributed by atoms with E-state index in [0.29, 0.717) is 18.7 Å². The Labute approximate surface area is 201 Å². The Morgan fingerprint density at radius 3 is 2.79 bits per heavy atom. The van der Waals surface area contributed by atoms with E-state index >= 15 is 0 Å². The van der Waals surface area contributed by atoms with Crippen LogP contribution in [0.25, 0.3) is 0 Å². The van der Waals surface area contributed by atoms with Crippen molar-refractivity contribution in [2.45, 2.75) is 31.2 Å². The molecule has 2 heterocycles. The van der Waals surface area contributed by atoms with Crippen LogP contribution in [0, 0.1) is 12.8 Å². The van der Waals surface area contributed by atoms with Crippen LogP contribution < -0.4 is 10.6 Å². The molecule has 0 bridgehead atoms. The molecule has 4 atom stereocenters. The van der Waals surface area contributed by atoms with Gasteiger partial charge >= 0.3 is 0 Å². The lowest BCUT2D eigenvalue weighted by atomic mass is 10.1. The molecule has 177 valence electrons. The Morgan fingerprint density at radius 1 is 1.24 bits per heavy atom. The van der Waals surface area contributed by atoms with E-state index < -0.39 is 18.2 Å². The molecule has 10 nitrogen and oxygen atoms in total. The lowest BCUT2D eigenvalue weighted by Crippen LogP contribution is -2.35. The summed E-state index contributed by atoms with van der Waals surface area (Å²) in [6, 6.07) is 8.34. The summed E-state index contributed by atoms with van der Waals surface area (Å²) < 4.78 is 1.61. The second-order valence-corrected chi connectivity index (χ2v) is 8.39. The number of hydrogen-bond donors (Lipinski definition) is 4. The Hall–Kier alpha value is -3.34. The summed E-state index contributed by atoms with van der Waals surface area (Å²) in [5.41, 5.74) is 1.89. The summed E-state index contributed by atoms with van der Waals surface area (Å²) in [5.74, 6) is -0.895. The molecule has 4 rings (SSSR count). The van der Waals surface area contributed by atoms with E-state index in [9.17, 15) is 19.8 Å². The molecule has 3 aromatic rings. The van der Waals surface area contributed by atoms with E-state index in [4.69, 9.17) is 11.6 Å². The Morgan fingerprint density at radius 2 is 2.06 bits per heavy atom. The smallest absolute Gasteiger partial charge is 0.239 e. The lowest BCUT2D eigenvalue weighted by Gasteiger charge is -2.19. The van der Waals surface area contributed by atoms with E-state index in [-0.39, 0.29) is 40.6 Å². The third-order valence-corrected chi connectivity index (χ3v) is 5.87. The number of hydrogen-bond acceptors (Lipinski definition) is 8. The van der Waals surface area contributed by atoms with Crippen LogP contribution in [0.2, 0.25) is 0 Å². The van der Waals surface area contributed by atoms with Crippen molar-refractivity contribution in [2.24, 2.45) is 5.92 Å². The monoisotopic (exact) mass is 483 g/mol. The molecular formula is C23H24ClN6O4. The number of rotatable bonds is 8. The zero-order valence-corrected chi connectivity index (χ0v) is 18.9. The SMILES string of the molecule is [CH2][C@@H]1C[C@@H](Nc2ncncc2C(=O)c2ccn(Cc3cccc(NC(=O)CCl)c3)n2)[C@H](O)[C@@H]1O. The molecule has 11 heteroatoms. The first-order chi connectivity index (χ1) is 16.4. The molecule has 1 aromatic carbocycles. The molecule has 1 saturated carbocycles. The van der Waals surface area contributed by atoms with Gasteiger partial charge in [0.05, 0.1) is 24.3 Å². The van der Waals surface area contributed by atoms with Gasteiger partial charge < -0.3 is 20.8 Å². The molecule has 0 unspecified atom stereocenters. The summed E-state index contributed by atoms with van der Waals surface area (Å²) in [5, 5.41) is 30.3. The molecule has 1 aliphatic rings. The van der Waals surface area contributed by atoms with Crippen LogP contribution in [0.3, 0.4) is 0 Å². The van der Waals surface area contributed by atoms with Gasteiger partial charge in [-0.25, -0.2) is 9.97 Å². The molecule has 2 aromatic heterocycles. The number of aliphatic hydroxyl groups is 2. The van der Waals surface area contributed by atoms with Crippen LogP contribution >= 0.6 is 11.6 Å². The summed E-state index contributed by atoms with van der Waals surface area (Å²) in [6.07, 6.45) is 2.82. The van der Waals surface area contributed by atoms with Crippen LogP contribution in [-0.2, 0) is 11.3 Å². The van der Waals surface area contributed by atoms with E-state index in [1.165, 1.54) is 12.5 Å². The van der Waals surface area contributed by atoms with Crippen molar-refractivity contribution in [3.8, 4) is 0 Å². The molecule has 34 heavy (non-hydrogen) atoms. The highest BCUT2D eigenvalue weighted by atomic mass is 35.5. The standard InChI is InChI=1S/C23H24ClN6O4/c1-13-7-18(22(34)20(13)32)28-23-16(10-25-12-26-23)21(33)17-5-6-30(29-17)11-14-3-2-4-15(8-14)27-19(31)9-24/h2-6,8,10,12-13,18,20,22,32,34H,1,7,9,11H2,(H,27,31)(H,25,26,28)/t13-,18-,20-,22+/m1/s1. The topological polar surface area (TPSA) is 142 Å². The number of aromatic nitrogens is 4. The minimum Gasteiger partial charge on any atom is -0.390 e. The quantitative estimate of drug-likeness (QED) is 0.279. The second kappa shape index (κ2) is 10.3. The highest BCUT2D eigenvalue weighted by Gasteiger charge is 2.39. The molecule has 0 spiro atoms. The van der Waals surface area contributed by atoms with Gasteiger partial charge in [0.15, 0.2) is 0 Å². The van der Waals surface area contributed by atoms with Crippen molar-refractivity contribution in [2.75, 3.05) is 16.5 Å². The number of carbonyl (C=O) groups excluding carboxylic acids is 2. The molecule has 1 radical (unpaired) electrons. The zero-order chi connectivity index (χ0) is 24.2. The van der Waals surface area contributed by atoms with E-state index in [1.54, 1.807) is 35.1 Å². The van der Waals surface area contributed by atoms with E-state index in [1.807, 2.05) is 6.07 Å². The summed E-state index contributed by atoms with van der Waals surface area (Å²) in [7, 11) is 0. The van der Waals surface area contributed by atoms with Crippen molar-refractivity contribution in [3.05, 3.63) is 72.8 Å². The fourth-order valence-electron chi connectivity index (χ4n) is 3.89. The maximum absolute atomic E-state index is 13.1. The third kappa shape index (κ3) is 5.24. The predicted octanol–water partition coefficient (Wildman–Crippen LogP) is 1.49. The first-order valence-corrected chi connectivity index (χ1v) is 11.2. The van der Waals surface area contributed by atoms with E-state index in [2.05, 4.69) is 32.6 Å². The molecule has 0 saturated heterocycles. The van der Waals surface area contributed by atoms with Crippen molar-refractivity contribution in [1.29, 1.82) is 0 Å². The van der Waals surface area contributed by atoms with Crippen LogP contribution in [0.5, 0.6) is 0 Å². The maximum atomic E-state index is 13.1. The van der Waals surface area contributed by atoms with Gasteiger partial charge in [0, 0.05) is 18.1 Å². The highest BCUT2D eigenvalue weighted by molar-refractivity contribution is 6.29. The molecule has 1 fully saturated rings. The normalized spacial score (nSPS) is 21.9. The highest BCUT2D eigenvalue weighted by Crippen LogP contribution is 2.29. The average Bonchev–Trinajstić information content (AvgIpc) is 3.39. The number of nitrogens with zero attached hydrogens (tertiary/aromatic N) is 4. The van der Waals surface area contributed by atoms with Crippen molar-refractivity contribution in [3.63, 3.8) is 0 Å². The van der Waals surface area contributed by atoms with Gasteiger partial charge in [0.25, 0.3) is 0 Å². The number of carbonyl (C=O) groups is 2. The van der Waals surface area contributed by atoms with Crippen LogP contribution in [0.15, 0.2) is 49.1 Å². The second-order valence-electron chi connectivity index (χ2n) is 8.12. The van der Waals surface area contributed by atoms with Crippen molar-refractivity contribution < 1.29 is 19.8 Å². The molecule has 4 N–H and O–H groups in total. The fraction of sp³-hybridized carbons (Fsp3) is 0.304. The minimum atomic E-state index is -1.02. The Kier molecular flexibility index (Phi) is 7.20. The fourth-order valence-corrected chi connectivity index (χ4v) is 3.96. The maximum Gasteiger partial charge on any atom is 0.239 e. The van der Waals surface area contributed by atoms with Gasteiger partial charge in [-0.2, -0.15) is 5.10 Å². The van der Waals surface area contributed by atoms with Crippen LogP contribution in [0.4, 0.5) is 11.5 Å². The van der Waals surface area contributed by atoms with Gasteiger partial charge in [-0.1, -0.05) is 12.1 Å². The number of aliphatic hydroxyl groups excluding tert-OH is 2. The first-order valence-electron chi connectivity index (χ1n) is 10.6. The Bertz CT molecular complexity index is 1190. The van der Waals surface area contributed by atoms with Crippen LogP contribution in [-0.4, -0.2) is 65.8 Å². The van der Waals surface area contributed by atoms with E-state index in [0.717, 1.165) is 5.56 Å². The van der Waals surface area contributed by atoms with Crippen molar-refractivity contribution >= 4 is 34.8 Å². The predicted molar refractivity (Wildman–Crippen MR) is 125 cm³/mol. The molecule has 1 amide bonds. The van der Waals surface area contributed by atoms with Crippen molar-refractivity contribution in [1.82, 2.24) is 19.7 Å². The van der Waals surface area contributed by atoms with Gasteiger partial charge in [-0.3, -0.25) is 14.3 Å². The van der Waals surface area contributed by atoms with Gasteiger partial charge in [0.1, 0.15) is 29.8 Å². The number of benzene rings is 1. The zero-order valence-electron chi connectivity index (χ0n) is 18.1. The minimum absolute atomic E-state index is 0.134. The number of alkyl halides is 1. The molecule has 0 aliphatic heterocycles.